The lowest BCUT2D eigenvalue weighted by molar-refractivity contribution is 0.534. The molecule has 3 N–H and O–H groups in total. The molecule has 1 aliphatic rings. The summed E-state index contributed by atoms with van der Waals surface area (Å²) in [4.78, 5) is 0. The number of rotatable bonds is 6. The van der Waals surface area contributed by atoms with Crippen LogP contribution in [0.15, 0.2) is 0 Å². The molecule has 84 valence electrons. The van der Waals surface area contributed by atoms with Gasteiger partial charge in [0, 0.05) is 19.1 Å². The summed E-state index contributed by atoms with van der Waals surface area (Å²) in [5.41, 5.74) is 0. The minimum Gasteiger partial charge on any atom is -0.314 e. The van der Waals surface area contributed by atoms with Gasteiger partial charge < -0.3 is 5.32 Å². The molecular weight excluding hydrogens is 202 g/mol. The highest BCUT2D eigenvalue weighted by Crippen LogP contribution is 2.07. The molecule has 0 aliphatic carbocycles. The molecule has 0 unspecified atom stereocenters. The van der Waals surface area contributed by atoms with Crippen molar-refractivity contribution in [3.05, 3.63) is 0 Å². The summed E-state index contributed by atoms with van der Waals surface area (Å²) >= 11 is 0. The second-order valence-corrected chi connectivity index (χ2v) is 5.06. The Balaban J connectivity index is 2.13. The first-order valence-electron chi connectivity index (χ1n) is 5.11. The fourth-order valence-corrected chi connectivity index (χ4v) is 2.48. The molecule has 6 heteroatoms. The van der Waals surface area contributed by atoms with Crippen molar-refractivity contribution in [2.45, 2.75) is 32.2 Å². The second kappa shape index (κ2) is 5.65. The maximum absolute atomic E-state index is 11.2. The molecule has 1 rings (SSSR count). The molecule has 5 nitrogen and oxygen atoms in total. The first-order valence-corrected chi connectivity index (χ1v) is 6.60. The van der Waals surface area contributed by atoms with E-state index in [1.54, 1.807) is 6.92 Å². The van der Waals surface area contributed by atoms with Gasteiger partial charge in [-0.2, -0.15) is 8.42 Å². The van der Waals surface area contributed by atoms with E-state index in [4.69, 9.17) is 0 Å². The average Bonchev–Trinajstić information content (AvgIpc) is 2.56. The van der Waals surface area contributed by atoms with Crippen LogP contribution in [0.4, 0.5) is 0 Å². The maximum atomic E-state index is 11.2. The lowest BCUT2D eigenvalue weighted by Crippen LogP contribution is -2.38. The lowest BCUT2D eigenvalue weighted by atomic mass is 10.2. The molecule has 1 saturated heterocycles. The summed E-state index contributed by atoms with van der Waals surface area (Å²) in [5, 5.41) is 3.32. The number of hydrogen-bond donors (Lipinski definition) is 3. The van der Waals surface area contributed by atoms with Crippen molar-refractivity contribution in [2.24, 2.45) is 0 Å². The molecule has 1 aliphatic heterocycles. The van der Waals surface area contributed by atoms with Gasteiger partial charge in [0.05, 0.1) is 0 Å². The predicted molar refractivity (Wildman–Crippen MR) is 56.2 cm³/mol. The lowest BCUT2D eigenvalue weighted by Gasteiger charge is -2.10. The molecule has 14 heavy (non-hydrogen) atoms. The highest BCUT2D eigenvalue weighted by Gasteiger charge is 2.14. The molecule has 0 spiro atoms. The van der Waals surface area contributed by atoms with Crippen LogP contribution >= 0.6 is 0 Å². The van der Waals surface area contributed by atoms with E-state index in [1.807, 2.05) is 0 Å². The van der Waals surface area contributed by atoms with E-state index < -0.39 is 10.2 Å². The fraction of sp³-hybridized carbons (Fsp3) is 1.00. The minimum atomic E-state index is -3.25. The summed E-state index contributed by atoms with van der Waals surface area (Å²) in [5.74, 6) is 0. The largest absolute Gasteiger partial charge is 0.314 e. The van der Waals surface area contributed by atoms with Crippen LogP contribution in [0.3, 0.4) is 0 Å². The van der Waals surface area contributed by atoms with E-state index in [2.05, 4.69) is 14.8 Å². The van der Waals surface area contributed by atoms with Crippen LogP contribution in [0.1, 0.15) is 26.2 Å². The van der Waals surface area contributed by atoms with Gasteiger partial charge in [0.15, 0.2) is 0 Å². The zero-order valence-corrected chi connectivity index (χ0v) is 9.36. The Morgan fingerprint density at radius 2 is 2.21 bits per heavy atom. The fourth-order valence-electron chi connectivity index (χ4n) is 1.61. The molecule has 0 aromatic rings. The molecule has 0 saturated carbocycles. The second-order valence-electron chi connectivity index (χ2n) is 3.48. The van der Waals surface area contributed by atoms with Gasteiger partial charge in [0.1, 0.15) is 0 Å². The molecular formula is C8H19N3O2S. The topological polar surface area (TPSA) is 70.2 Å². The summed E-state index contributed by atoms with van der Waals surface area (Å²) < 4.78 is 27.2. The van der Waals surface area contributed by atoms with E-state index in [-0.39, 0.29) is 0 Å². The first-order chi connectivity index (χ1) is 6.64. The average molecular weight is 221 g/mol. The monoisotopic (exact) mass is 221 g/mol. The van der Waals surface area contributed by atoms with Crippen molar-refractivity contribution in [1.29, 1.82) is 0 Å². The standard InChI is InChI=1S/C8H19N3O2S/c1-2-10-14(12,13)11-7-5-8-4-3-6-9-8/h8-11H,2-7H2,1H3/t8-/m1/s1. The van der Waals surface area contributed by atoms with Crippen LogP contribution in [-0.4, -0.2) is 34.1 Å². The van der Waals surface area contributed by atoms with Crippen LogP contribution in [0.25, 0.3) is 0 Å². The van der Waals surface area contributed by atoms with Crippen LogP contribution < -0.4 is 14.8 Å². The smallest absolute Gasteiger partial charge is 0.276 e. The Bertz CT molecular complexity index is 247. The van der Waals surface area contributed by atoms with Crippen molar-refractivity contribution in [1.82, 2.24) is 14.8 Å². The number of hydrogen-bond acceptors (Lipinski definition) is 3. The zero-order chi connectivity index (χ0) is 10.4. The SMILES string of the molecule is CCNS(=O)(=O)NCC[C@H]1CCCN1. The summed E-state index contributed by atoms with van der Waals surface area (Å²) in [6.45, 7) is 3.76. The van der Waals surface area contributed by atoms with E-state index >= 15 is 0 Å². The Kier molecular flexibility index (Phi) is 4.80. The molecule has 0 aromatic carbocycles. The van der Waals surface area contributed by atoms with Gasteiger partial charge in [0.25, 0.3) is 10.2 Å². The molecule has 0 amide bonds. The van der Waals surface area contributed by atoms with Gasteiger partial charge in [-0.05, 0) is 25.8 Å². The third kappa shape index (κ3) is 4.36. The molecule has 1 heterocycles. The van der Waals surface area contributed by atoms with Gasteiger partial charge in [-0.15, -0.1) is 0 Å². The normalized spacial score (nSPS) is 22.8. The van der Waals surface area contributed by atoms with E-state index in [0.29, 0.717) is 19.1 Å². The highest BCUT2D eigenvalue weighted by molar-refractivity contribution is 7.87. The van der Waals surface area contributed by atoms with E-state index in [9.17, 15) is 8.42 Å². The van der Waals surface area contributed by atoms with Crippen molar-refractivity contribution < 1.29 is 8.42 Å². The third-order valence-electron chi connectivity index (χ3n) is 2.28. The quantitative estimate of drug-likeness (QED) is 0.570. The summed E-state index contributed by atoms with van der Waals surface area (Å²) in [6, 6.07) is 0.485. The van der Waals surface area contributed by atoms with Crippen LogP contribution in [0.5, 0.6) is 0 Å². The van der Waals surface area contributed by atoms with Gasteiger partial charge in [-0.25, -0.2) is 9.44 Å². The Hall–Kier alpha value is -0.170. The molecule has 1 atom stereocenters. The Morgan fingerprint density at radius 3 is 2.79 bits per heavy atom. The predicted octanol–water partition coefficient (Wildman–Crippen LogP) is -0.428. The Labute approximate surface area is 85.8 Å². The molecule has 0 radical (unpaired) electrons. The van der Waals surface area contributed by atoms with Gasteiger partial charge in [-0.3, -0.25) is 0 Å². The highest BCUT2D eigenvalue weighted by atomic mass is 32.2. The van der Waals surface area contributed by atoms with E-state index in [0.717, 1.165) is 19.4 Å². The van der Waals surface area contributed by atoms with Crippen molar-refractivity contribution in [3.63, 3.8) is 0 Å². The van der Waals surface area contributed by atoms with Gasteiger partial charge in [0.2, 0.25) is 0 Å². The summed E-state index contributed by atoms with van der Waals surface area (Å²) in [7, 11) is -3.25. The van der Waals surface area contributed by atoms with Crippen molar-refractivity contribution in [3.8, 4) is 0 Å². The molecule has 0 aromatic heterocycles. The zero-order valence-electron chi connectivity index (χ0n) is 8.54. The molecule has 0 bridgehead atoms. The first kappa shape index (κ1) is 11.9. The number of nitrogens with one attached hydrogen (secondary N) is 3. The van der Waals surface area contributed by atoms with Crippen molar-refractivity contribution >= 4 is 10.2 Å². The Morgan fingerprint density at radius 1 is 1.43 bits per heavy atom. The molecule has 1 fully saturated rings. The van der Waals surface area contributed by atoms with Crippen LogP contribution in [0.2, 0.25) is 0 Å². The minimum absolute atomic E-state index is 0.428. The van der Waals surface area contributed by atoms with Gasteiger partial charge >= 0.3 is 0 Å². The van der Waals surface area contributed by atoms with Gasteiger partial charge in [-0.1, -0.05) is 6.92 Å². The summed E-state index contributed by atoms with van der Waals surface area (Å²) in [6.07, 6.45) is 3.22. The maximum Gasteiger partial charge on any atom is 0.276 e. The van der Waals surface area contributed by atoms with Crippen LogP contribution in [0, 0.1) is 0 Å². The van der Waals surface area contributed by atoms with Crippen molar-refractivity contribution in [2.75, 3.05) is 19.6 Å². The van der Waals surface area contributed by atoms with E-state index in [1.165, 1.54) is 6.42 Å². The third-order valence-corrected chi connectivity index (χ3v) is 3.53. The van der Waals surface area contributed by atoms with Crippen LogP contribution in [-0.2, 0) is 10.2 Å².